The molecule has 3 heteroatoms. The third-order valence-electron chi connectivity index (χ3n) is 3.35. The van der Waals surface area contributed by atoms with Gasteiger partial charge in [0, 0.05) is 28.9 Å². The summed E-state index contributed by atoms with van der Waals surface area (Å²) in [6.07, 6.45) is 8.26. The second-order valence-corrected chi connectivity index (χ2v) is 5.43. The molecule has 0 bridgehead atoms. The Morgan fingerprint density at radius 1 is 1.00 bits per heavy atom. The maximum absolute atomic E-state index is 3.36. The summed E-state index contributed by atoms with van der Waals surface area (Å²) < 4.78 is 3.06. The van der Waals surface area contributed by atoms with Gasteiger partial charge in [0.25, 0.3) is 0 Å². The molecule has 0 heterocycles. The van der Waals surface area contributed by atoms with Crippen LogP contribution in [0.25, 0.3) is 0 Å². The van der Waals surface area contributed by atoms with Crippen LogP contribution in [-0.2, 0) is 0 Å². The Balaban J connectivity index is 2.38. The lowest BCUT2D eigenvalue weighted by Crippen LogP contribution is -2.36. The van der Waals surface area contributed by atoms with Crippen molar-refractivity contribution in [2.24, 2.45) is 11.8 Å². The van der Waals surface area contributed by atoms with Crippen LogP contribution in [0.4, 0.5) is 0 Å². The molecule has 1 fully saturated rings. The first-order chi connectivity index (χ1) is 6.72. The quantitative estimate of drug-likeness (QED) is 0.464. The van der Waals surface area contributed by atoms with E-state index in [0.29, 0.717) is 6.04 Å². The third-order valence-corrected chi connectivity index (χ3v) is 3.66. The van der Waals surface area contributed by atoms with Crippen molar-refractivity contribution >= 4 is 22.9 Å². The van der Waals surface area contributed by atoms with E-state index < -0.39 is 0 Å². The molecule has 1 aliphatic rings. The van der Waals surface area contributed by atoms with Gasteiger partial charge in [0.2, 0.25) is 0 Å². The second-order valence-electron chi connectivity index (χ2n) is 4.89. The van der Waals surface area contributed by atoms with Crippen molar-refractivity contribution in [2.75, 3.05) is 0 Å². The zero-order chi connectivity index (χ0) is 10.4. The molecule has 0 aromatic rings. The molecule has 0 radical (unpaired) electrons. The number of hydrogen-bond acceptors (Lipinski definition) is 2. The molecule has 2 N–H and O–H groups in total. The number of halogens is 1. The summed E-state index contributed by atoms with van der Waals surface area (Å²) in [5, 5.41) is 0. The fourth-order valence-corrected chi connectivity index (χ4v) is 2.80. The van der Waals surface area contributed by atoms with Crippen molar-refractivity contribution in [1.29, 1.82) is 0 Å². The first-order valence-corrected chi connectivity index (χ1v) is 6.91. The van der Waals surface area contributed by atoms with E-state index in [1.54, 1.807) is 0 Å². The van der Waals surface area contributed by atoms with Crippen LogP contribution in [0.3, 0.4) is 0 Å². The number of rotatable bonds is 2. The van der Waals surface area contributed by atoms with Gasteiger partial charge < -0.3 is 0 Å². The van der Waals surface area contributed by atoms with Crippen molar-refractivity contribution in [3.63, 3.8) is 0 Å². The predicted molar refractivity (Wildman–Crippen MR) is 70.1 cm³/mol. The second kappa shape index (κ2) is 7.01. The van der Waals surface area contributed by atoms with E-state index in [0.717, 1.165) is 11.8 Å². The number of hydrogen-bond donors (Lipinski definition) is 2. The molecule has 0 aliphatic heterocycles. The van der Waals surface area contributed by atoms with Gasteiger partial charge in [-0.05, 0) is 24.7 Å². The van der Waals surface area contributed by atoms with Gasteiger partial charge in [-0.25, -0.2) is 5.43 Å². The van der Waals surface area contributed by atoms with Crippen LogP contribution in [0, 0.1) is 11.8 Å². The van der Waals surface area contributed by atoms with E-state index in [1.807, 2.05) is 0 Å². The van der Waals surface area contributed by atoms with Gasteiger partial charge in [0.15, 0.2) is 0 Å². The highest BCUT2D eigenvalue weighted by Gasteiger charge is 2.16. The molecular formula is C11H23IN2. The standard InChI is InChI=1S/C11H23IN2/c1-9-4-3-5-11(13-14-12)8-10(2)7-6-9/h9-11,13-14H,3-8H2,1-2H3. The summed E-state index contributed by atoms with van der Waals surface area (Å²) in [6, 6.07) is 0.673. The van der Waals surface area contributed by atoms with Crippen molar-refractivity contribution in [1.82, 2.24) is 9.06 Å². The Labute approximate surface area is 102 Å². The molecular weight excluding hydrogens is 287 g/mol. The lowest BCUT2D eigenvalue weighted by molar-refractivity contribution is 0.367. The summed E-state index contributed by atoms with van der Waals surface area (Å²) in [7, 11) is 0. The Morgan fingerprint density at radius 3 is 2.43 bits per heavy atom. The molecule has 0 spiro atoms. The summed E-state index contributed by atoms with van der Waals surface area (Å²) in [5.41, 5.74) is 3.36. The third kappa shape index (κ3) is 4.94. The van der Waals surface area contributed by atoms with Crippen molar-refractivity contribution in [3.8, 4) is 0 Å². The molecule has 3 unspecified atom stereocenters. The molecule has 0 amide bonds. The van der Waals surface area contributed by atoms with Crippen LogP contribution in [0.1, 0.15) is 52.4 Å². The highest BCUT2D eigenvalue weighted by Crippen LogP contribution is 2.24. The largest absolute Gasteiger partial charge is 0.246 e. The lowest BCUT2D eigenvalue weighted by atomic mass is 9.94. The maximum atomic E-state index is 3.36. The first kappa shape index (κ1) is 12.7. The first-order valence-electron chi connectivity index (χ1n) is 5.83. The van der Waals surface area contributed by atoms with Crippen molar-refractivity contribution in [3.05, 3.63) is 0 Å². The zero-order valence-electron chi connectivity index (χ0n) is 9.35. The molecule has 1 saturated carbocycles. The molecule has 2 nitrogen and oxygen atoms in total. The number of hydrazine groups is 1. The van der Waals surface area contributed by atoms with Crippen LogP contribution in [0.2, 0.25) is 0 Å². The molecule has 14 heavy (non-hydrogen) atoms. The van der Waals surface area contributed by atoms with Gasteiger partial charge >= 0.3 is 0 Å². The molecule has 84 valence electrons. The molecule has 0 saturated heterocycles. The fraction of sp³-hybridized carbons (Fsp3) is 1.00. The normalized spacial score (nSPS) is 35.8. The fourth-order valence-electron chi connectivity index (χ4n) is 2.36. The van der Waals surface area contributed by atoms with Crippen LogP contribution in [-0.4, -0.2) is 6.04 Å². The minimum atomic E-state index is 0.673. The summed E-state index contributed by atoms with van der Waals surface area (Å²) in [4.78, 5) is 0. The zero-order valence-corrected chi connectivity index (χ0v) is 11.5. The van der Waals surface area contributed by atoms with E-state index in [-0.39, 0.29) is 0 Å². The van der Waals surface area contributed by atoms with Gasteiger partial charge in [-0.1, -0.05) is 39.5 Å². The van der Waals surface area contributed by atoms with Gasteiger partial charge in [-0.15, -0.1) is 0 Å². The highest BCUT2D eigenvalue weighted by atomic mass is 127. The molecule has 3 atom stereocenters. The lowest BCUT2D eigenvalue weighted by Gasteiger charge is -2.19. The average molecular weight is 310 g/mol. The van der Waals surface area contributed by atoms with E-state index in [1.165, 1.54) is 38.5 Å². The molecule has 0 aromatic carbocycles. The Hall–Kier alpha value is 0.650. The van der Waals surface area contributed by atoms with Crippen LogP contribution in [0.5, 0.6) is 0 Å². The smallest absolute Gasteiger partial charge is 0.0334 e. The topological polar surface area (TPSA) is 24.1 Å². The summed E-state index contributed by atoms with van der Waals surface area (Å²) in [5.74, 6) is 1.81. The van der Waals surface area contributed by atoms with Crippen LogP contribution >= 0.6 is 22.9 Å². The van der Waals surface area contributed by atoms with E-state index in [9.17, 15) is 0 Å². The minimum absolute atomic E-state index is 0.673. The minimum Gasteiger partial charge on any atom is -0.246 e. The number of nitrogens with one attached hydrogen (secondary N) is 2. The van der Waals surface area contributed by atoms with Crippen molar-refractivity contribution in [2.45, 2.75) is 58.4 Å². The predicted octanol–water partition coefficient (Wildman–Crippen LogP) is 3.43. The maximum Gasteiger partial charge on any atom is 0.0334 e. The van der Waals surface area contributed by atoms with Crippen molar-refractivity contribution < 1.29 is 0 Å². The van der Waals surface area contributed by atoms with Crippen LogP contribution in [0.15, 0.2) is 0 Å². The molecule has 0 aromatic heterocycles. The van der Waals surface area contributed by atoms with E-state index >= 15 is 0 Å². The van der Waals surface area contributed by atoms with Crippen LogP contribution < -0.4 is 9.06 Å². The monoisotopic (exact) mass is 310 g/mol. The molecule has 1 aliphatic carbocycles. The van der Waals surface area contributed by atoms with Gasteiger partial charge in [0.1, 0.15) is 0 Å². The van der Waals surface area contributed by atoms with E-state index in [2.05, 4.69) is 45.8 Å². The SMILES string of the molecule is CC1CCCC(NNI)CC(C)CC1. The average Bonchev–Trinajstić information content (AvgIpc) is 2.20. The Morgan fingerprint density at radius 2 is 1.71 bits per heavy atom. The van der Waals surface area contributed by atoms with Gasteiger partial charge in [-0.3, -0.25) is 0 Å². The van der Waals surface area contributed by atoms with E-state index in [4.69, 9.17) is 0 Å². The highest BCUT2D eigenvalue weighted by molar-refractivity contribution is 14.1. The van der Waals surface area contributed by atoms with Gasteiger partial charge in [0.05, 0.1) is 0 Å². The molecule has 1 rings (SSSR count). The van der Waals surface area contributed by atoms with Gasteiger partial charge in [-0.2, -0.15) is 3.64 Å². The summed E-state index contributed by atoms with van der Waals surface area (Å²) in [6.45, 7) is 4.79. The Kier molecular flexibility index (Phi) is 6.37. The Bertz CT molecular complexity index is 152. The summed E-state index contributed by atoms with van der Waals surface area (Å²) >= 11 is 2.17.